The molecular weight excluding hydrogens is 272 g/mol. The Labute approximate surface area is 122 Å². The molecule has 1 aliphatic heterocycles. The van der Waals surface area contributed by atoms with E-state index in [9.17, 15) is 4.79 Å². The second-order valence-corrected chi connectivity index (χ2v) is 6.01. The molecule has 3 rings (SSSR count). The van der Waals surface area contributed by atoms with E-state index in [1.165, 1.54) is 4.88 Å². The fraction of sp³-hybridized carbons (Fsp3) is 0.429. The van der Waals surface area contributed by atoms with Crippen molar-refractivity contribution in [3.05, 3.63) is 40.6 Å². The highest BCUT2D eigenvalue weighted by atomic mass is 32.1. The molecule has 20 heavy (non-hydrogen) atoms. The highest BCUT2D eigenvalue weighted by Crippen LogP contribution is 2.14. The molecule has 1 N–H and O–H groups in total. The summed E-state index contributed by atoms with van der Waals surface area (Å²) in [6.07, 6.45) is 3.81. The van der Waals surface area contributed by atoms with E-state index in [0.717, 1.165) is 25.5 Å². The molecule has 6 heteroatoms. The maximum Gasteiger partial charge on any atom is 0.237 e. The smallest absolute Gasteiger partial charge is 0.237 e. The van der Waals surface area contributed by atoms with Crippen LogP contribution in [0.5, 0.6) is 0 Å². The monoisotopic (exact) mass is 290 g/mol. The molecule has 2 aromatic rings. The van der Waals surface area contributed by atoms with Gasteiger partial charge in [0.05, 0.1) is 19.1 Å². The molecule has 0 unspecified atom stereocenters. The first-order valence-electron chi connectivity index (χ1n) is 6.78. The van der Waals surface area contributed by atoms with Crippen LogP contribution in [0.4, 0.5) is 0 Å². The minimum atomic E-state index is -0.125. The van der Waals surface area contributed by atoms with Crippen molar-refractivity contribution in [1.29, 1.82) is 0 Å². The van der Waals surface area contributed by atoms with Crippen LogP contribution in [0.3, 0.4) is 0 Å². The van der Waals surface area contributed by atoms with E-state index in [-0.39, 0.29) is 11.9 Å². The normalized spacial score (nSPS) is 16.6. The van der Waals surface area contributed by atoms with Crippen LogP contribution in [0.25, 0.3) is 0 Å². The number of amides is 1. The van der Waals surface area contributed by atoms with Gasteiger partial charge in [0.2, 0.25) is 5.91 Å². The summed E-state index contributed by atoms with van der Waals surface area (Å²) in [6.45, 7) is 5.10. The lowest BCUT2D eigenvalue weighted by atomic mass is 10.2. The summed E-state index contributed by atoms with van der Waals surface area (Å²) in [7, 11) is 0. The molecule has 0 fully saturated rings. The molecule has 2 aromatic heterocycles. The second kappa shape index (κ2) is 5.76. The summed E-state index contributed by atoms with van der Waals surface area (Å²) < 4.78 is 2.15. The van der Waals surface area contributed by atoms with Crippen molar-refractivity contribution >= 4 is 17.2 Å². The van der Waals surface area contributed by atoms with Gasteiger partial charge in [0.15, 0.2) is 0 Å². The average Bonchev–Trinajstić information content (AvgIpc) is 3.13. The Kier molecular flexibility index (Phi) is 3.84. The van der Waals surface area contributed by atoms with Crippen molar-refractivity contribution in [3.63, 3.8) is 0 Å². The van der Waals surface area contributed by atoms with Gasteiger partial charge in [-0.05, 0) is 18.4 Å². The molecule has 0 saturated heterocycles. The number of carbonyl (C=O) groups is 1. The molecule has 3 heterocycles. The van der Waals surface area contributed by atoms with Crippen molar-refractivity contribution in [2.45, 2.75) is 32.6 Å². The van der Waals surface area contributed by atoms with Gasteiger partial charge in [-0.3, -0.25) is 9.69 Å². The molecule has 0 aromatic carbocycles. The Balaban J connectivity index is 1.56. The number of nitrogens with zero attached hydrogens (tertiary/aromatic N) is 3. The van der Waals surface area contributed by atoms with Crippen molar-refractivity contribution in [2.24, 2.45) is 0 Å². The largest absolute Gasteiger partial charge is 0.350 e. The van der Waals surface area contributed by atoms with Crippen LogP contribution < -0.4 is 5.32 Å². The summed E-state index contributed by atoms with van der Waals surface area (Å²) in [6, 6.07) is 3.91. The lowest BCUT2D eigenvalue weighted by Gasteiger charge is -2.31. The Morgan fingerprint density at radius 2 is 2.45 bits per heavy atom. The van der Waals surface area contributed by atoms with Crippen molar-refractivity contribution in [1.82, 2.24) is 19.8 Å². The maximum atomic E-state index is 12.2. The van der Waals surface area contributed by atoms with E-state index in [1.54, 1.807) is 11.3 Å². The number of fused-ring (bicyclic) bond motifs is 1. The molecule has 0 radical (unpaired) electrons. The van der Waals surface area contributed by atoms with Gasteiger partial charge in [0.25, 0.3) is 0 Å². The lowest BCUT2D eigenvalue weighted by molar-refractivity contribution is -0.126. The van der Waals surface area contributed by atoms with Crippen molar-refractivity contribution in [2.75, 3.05) is 6.54 Å². The molecular formula is C14H18N4OS. The predicted octanol–water partition coefficient (Wildman–Crippen LogP) is 1.47. The minimum Gasteiger partial charge on any atom is -0.350 e. The zero-order valence-corrected chi connectivity index (χ0v) is 12.3. The van der Waals surface area contributed by atoms with Crippen LogP contribution in [0.15, 0.2) is 29.9 Å². The third-order valence-electron chi connectivity index (χ3n) is 3.72. The standard InChI is InChI=1S/C14H18N4OS/c1-11(14(19)16-9-12-3-2-8-20-12)18-7-6-17-5-4-15-13(17)10-18/h2-5,8,11H,6-7,9-10H2,1H3,(H,16,19)/t11-/m1/s1. The SMILES string of the molecule is C[C@H](C(=O)NCc1cccs1)N1CCn2ccnc2C1. The first-order valence-corrected chi connectivity index (χ1v) is 7.66. The molecule has 0 bridgehead atoms. The number of rotatable bonds is 4. The van der Waals surface area contributed by atoms with Crippen LogP contribution in [0, 0.1) is 0 Å². The third kappa shape index (κ3) is 2.76. The topological polar surface area (TPSA) is 50.2 Å². The van der Waals surface area contributed by atoms with Crippen LogP contribution in [-0.2, 0) is 24.4 Å². The number of thiophene rings is 1. The fourth-order valence-electron chi connectivity index (χ4n) is 2.42. The van der Waals surface area contributed by atoms with Gasteiger partial charge < -0.3 is 9.88 Å². The van der Waals surface area contributed by atoms with E-state index >= 15 is 0 Å². The number of hydrogen-bond acceptors (Lipinski definition) is 4. The molecule has 1 aliphatic rings. The number of aromatic nitrogens is 2. The average molecular weight is 290 g/mol. The zero-order chi connectivity index (χ0) is 13.9. The quantitative estimate of drug-likeness (QED) is 0.927. The van der Waals surface area contributed by atoms with Gasteiger partial charge in [-0.1, -0.05) is 6.07 Å². The van der Waals surface area contributed by atoms with E-state index in [4.69, 9.17) is 0 Å². The van der Waals surface area contributed by atoms with Gasteiger partial charge in [-0.2, -0.15) is 0 Å². The number of carbonyl (C=O) groups excluding carboxylic acids is 1. The summed E-state index contributed by atoms with van der Waals surface area (Å²) in [5.41, 5.74) is 0. The number of hydrogen-bond donors (Lipinski definition) is 1. The summed E-state index contributed by atoms with van der Waals surface area (Å²) in [4.78, 5) is 19.9. The molecule has 0 spiro atoms. The second-order valence-electron chi connectivity index (χ2n) is 4.98. The van der Waals surface area contributed by atoms with Crippen LogP contribution in [-0.4, -0.2) is 32.9 Å². The maximum absolute atomic E-state index is 12.2. The Bertz CT molecular complexity index is 578. The van der Waals surface area contributed by atoms with E-state index in [0.29, 0.717) is 6.54 Å². The Hall–Kier alpha value is -1.66. The molecule has 1 amide bonds. The Morgan fingerprint density at radius 3 is 3.25 bits per heavy atom. The molecule has 0 aliphatic carbocycles. The summed E-state index contributed by atoms with van der Waals surface area (Å²) in [5.74, 6) is 1.12. The highest BCUT2D eigenvalue weighted by Gasteiger charge is 2.25. The van der Waals surface area contributed by atoms with Gasteiger partial charge >= 0.3 is 0 Å². The summed E-state index contributed by atoms with van der Waals surface area (Å²) in [5, 5.41) is 5.03. The van der Waals surface area contributed by atoms with E-state index < -0.39 is 0 Å². The Morgan fingerprint density at radius 1 is 1.55 bits per heavy atom. The predicted molar refractivity (Wildman–Crippen MR) is 78.3 cm³/mol. The number of imidazole rings is 1. The number of nitrogens with one attached hydrogen (secondary N) is 1. The van der Waals surface area contributed by atoms with Crippen molar-refractivity contribution < 1.29 is 4.79 Å². The van der Waals surface area contributed by atoms with Gasteiger partial charge in [-0.15, -0.1) is 11.3 Å². The van der Waals surface area contributed by atoms with Crippen LogP contribution >= 0.6 is 11.3 Å². The van der Waals surface area contributed by atoms with Crippen LogP contribution in [0.1, 0.15) is 17.6 Å². The first kappa shape index (κ1) is 13.3. The highest BCUT2D eigenvalue weighted by molar-refractivity contribution is 7.09. The van der Waals surface area contributed by atoms with E-state index in [1.807, 2.05) is 36.8 Å². The molecule has 106 valence electrons. The van der Waals surface area contributed by atoms with E-state index in [2.05, 4.69) is 19.8 Å². The fourth-order valence-corrected chi connectivity index (χ4v) is 3.07. The zero-order valence-electron chi connectivity index (χ0n) is 11.5. The van der Waals surface area contributed by atoms with Gasteiger partial charge in [0, 0.05) is 30.4 Å². The first-order chi connectivity index (χ1) is 9.74. The van der Waals surface area contributed by atoms with Gasteiger partial charge in [0.1, 0.15) is 5.82 Å². The molecule has 1 atom stereocenters. The third-order valence-corrected chi connectivity index (χ3v) is 4.59. The van der Waals surface area contributed by atoms with Crippen LogP contribution in [0.2, 0.25) is 0 Å². The molecule has 5 nitrogen and oxygen atoms in total. The summed E-state index contributed by atoms with van der Waals surface area (Å²) >= 11 is 1.66. The van der Waals surface area contributed by atoms with Crippen molar-refractivity contribution in [3.8, 4) is 0 Å². The molecule has 0 saturated carbocycles. The minimum absolute atomic E-state index is 0.0819. The van der Waals surface area contributed by atoms with Gasteiger partial charge in [-0.25, -0.2) is 4.98 Å². The lowest BCUT2D eigenvalue weighted by Crippen LogP contribution is -2.47.